The lowest BCUT2D eigenvalue weighted by molar-refractivity contribution is 0.0696. The zero-order chi connectivity index (χ0) is 12.4. The average Bonchev–Trinajstić information content (AvgIpc) is 2.30. The molecule has 0 spiro atoms. The summed E-state index contributed by atoms with van der Waals surface area (Å²) in [5, 5.41) is 11.7. The molecule has 0 atom stereocenters. The van der Waals surface area contributed by atoms with Crippen LogP contribution in [0.3, 0.4) is 0 Å². The lowest BCUT2D eigenvalue weighted by atomic mass is 10.1. The Labute approximate surface area is 107 Å². The summed E-state index contributed by atoms with van der Waals surface area (Å²) in [6.07, 6.45) is 0.851. The number of carboxylic acid groups (broad SMARTS) is 1. The van der Waals surface area contributed by atoms with Crippen molar-refractivity contribution in [3.8, 4) is 0 Å². The molecule has 1 fully saturated rings. The molecule has 5 nitrogen and oxygen atoms in total. The van der Waals surface area contributed by atoms with Gasteiger partial charge in [0.1, 0.15) is 0 Å². The van der Waals surface area contributed by atoms with Gasteiger partial charge in [0.15, 0.2) is 0 Å². The fraction of sp³-hybridized carbons (Fsp3) is 0.273. The summed E-state index contributed by atoms with van der Waals surface area (Å²) in [5.74, 6) is -1.02. The molecule has 0 aromatic heterocycles. The molecule has 0 bridgehead atoms. The molecule has 1 aliphatic rings. The van der Waals surface area contributed by atoms with Crippen molar-refractivity contribution in [2.45, 2.75) is 6.42 Å². The van der Waals surface area contributed by atoms with Gasteiger partial charge in [0, 0.05) is 23.2 Å². The number of aromatic carboxylic acids is 1. The molecule has 2 amide bonds. The van der Waals surface area contributed by atoms with Gasteiger partial charge in [-0.1, -0.05) is 0 Å². The van der Waals surface area contributed by atoms with Crippen LogP contribution in [0, 0.1) is 0 Å². The van der Waals surface area contributed by atoms with Crippen molar-refractivity contribution in [3.63, 3.8) is 0 Å². The zero-order valence-electron chi connectivity index (χ0n) is 8.94. The van der Waals surface area contributed by atoms with E-state index >= 15 is 0 Å². The SMILES string of the molecule is O=C(O)c1cc(N2CCCNC2=O)ccc1Br. The van der Waals surface area contributed by atoms with Crippen molar-refractivity contribution in [3.05, 3.63) is 28.2 Å². The van der Waals surface area contributed by atoms with E-state index in [2.05, 4.69) is 21.2 Å². The zero-order valence-corrected chi connectivity index (χ0v) is 10.5. The third-order valence-corrected chi connectivity index (χ3v) is 3.26. The van der Waals surface area contributed by atoms with Crippen molar-refractivity contribution >= 4 is 33.6 Å². The summed E-state index contributed by atoms with van der Waals surface area (Å²) in [7, 11) is 0. The molecule has 2 rings (SSSR count). The molecule has 1 heterocycles. The van der Waals surface area contributed by atoms with Crippen LogP contribution in [0.25, 0.3) is 0 Å². The minimum atomic E-state index is -1.02. The molecule has 1 aromatic carbocycles. The number of hydrogen-bond donors (Lipinski definition) is 2. The molecule has 90 valence electrons. The van der Waals surface area contributed by atoms with E-state index in [1.54, 1.807) is 17.0 Å². The molecule has 0 saturated carbocycles. The molecule has 1 aliphatic heterocycles. The van der Waals surface area contributed by atoms with Gasteiger partial charge in [-0.25, -0.2) is 9.59 Å². The Morgan fingerprint density at radius 1 is 1.47 bits per heavy atom. The first-order chi connectivity index (χ1) is 8.09. The van der Waals surface area contributed by atoms with Crippen molar-refractivity contribution in [1.82, 2.24) is 5.32 Å². The van der Waals surface area contributed by atoms with Crippen LogP contribution >= 0.6 is 15.9 Å². The first-order valence-electron chi connectivity index (χ1n) is 5.18. The highest BCUT2D eigenvalue weighted by molar-refractivity contribution is 9.10. The van der Waals surface area contributed by atoms with Gasteiger partial charge in [-0.3, -0.25) is 4.90 Å². The lowest BCUT2D eigenvalue weighted by Gasteiger charge is -2.27. The second kappa shape index (κ2) is 4.75. The van der Waals surface area contributed by atoms with Gasteiger partial charge in [-0.15, -0.1) is 0 Å². The number of nitrogens with zero attached hydrogens (tertiary/aromatic N) is 1. The highest BCUT2D eigenvalue weighted by atomic mass is 79.9. The van der Waals surface area contributed by atoms with Gasteiger partial charge < -0.3 is 10.4 Å². The molecule has 0 aliphatic carbocycles. The molecular formula is C11H11BrN2O3. The maximum absolute atomic E-state index is 11.6. The Hall–Kier alpha value is -1.56. The van der Waals surface area contributed by atoms with Crippen molar-refractivity contribution in [2.75, 3.05) is 18.0 Å². The van der Waals surface area contributed by atoms with Gasteiger partial charge in [0.05, 0.1) is 5.56 Å². The summed E-state index contributed by atoms with van der Waals surface area (Å²) in [6, 6.07) is 4.68. The van der Waals surface area contributed by atoms with Crippen LogP contribution in [0.5, 0.6) is 0 Å². The van der Waals surface area contributed by atoms with Crippen LogP contribution in [0.15, 0.2) is 22.7 Å². The third-order valence-electron chi connectivity index (χ3n) is 2.57. The maximum Gasteiger partial charge on any atom is 0.336 e. The monoisotopic (exact) mass is 298 g/mol. The Bertz CT molecular complexity index is 476. The number of carboxylic acids is 1. The van der Waals surface area contributed by atoms with Crippen LogP contribution < -0.4 is 10.2 Å². The smallest absolute Gasteiger partial charge is 0.336 e. The van der Waals surface area contributed by atoms with Crippen LogP contribution in [0.4, 0.5) is 10.5 Å². The van der Waals surface area contributed by atoms with E-state index < -0.39 is 5.97 Å². The first-order valence-corrected chi connectivity index (χ1v) is 5.97. The van der Waals surface area contributed by atoms with E-state index in [0.717, 1.165) is 6.42 Å². The van der Waals surface area contributed by atoms with Crippen LogP contribution in [-0.2, 0) is 0 Å². The summed E-state index contributed by atoms with van der Waals surface area (Å²) >= 11 is 3.17. The summed E-state index contributed by atoms with van der Waals surface area (Å²) in [4.78, 5) is 24.1. The van der Waals surface area contributed by atoms with Crippen LogP contribution in [-0.4, -0.2) is 30.2 Å². The maximum atomic E-state index is 11.6. The molecule has 2 N–H and O–H groups in total. The molecule has 0 unspecified atom stereocenters. The fourth-order valence-electron chi connectivity index (χ4n) is 1.72. The number of halogens is 1. The van der Waals surface area contributed by atoms with Gasteiger partial charge >= 0.3 is 12.0 Å². The van der Waals surface area contributed by atoms with E-state index in [-0.39, 0.29) is 11.6 Å². The minimum absolute atomic E-state index is 0.154. The van der Waals surface area contributed by atoms with Gasteiger partial charge in [0.2, 0.25) is 0 Å². The number of anilines is 1. The third kappa shape index (κ3) is 2.41. The van der Waals surface area contributed by atoms with E-state index in [9.17, 15) is 9.59 Å². The van der Waals surface area contributed by atoms with Crippen molar-refractivity contribution in [1.29, 1.82) is 0 Å². The number of hydrogen-bond acceptors (Lipinski definition) is 2. The topological polar surface area (TPSA) is 69.6 Å². The standard InChI is InChI=1S/C11H11BrN2O3/c12-9-3-2-7(6-8(9)10(15)16)14-5-1-4-13-11(14)17/h2-3,6H,1,4-5H2,(H,13,17)(H,15,16). The molecule has 1 aromatic rings. The highest BCUT2D eigenvalue weighted by Crippen LogP contribution is 2.24. The predicted molar refractivity (Wildman–Crippen MR) is 66.5 cm³/mol. The number of rotatable bonds is 2. The second-order valence-corrected chi connectivity index (χ2v) is 4.56. The fourth-order valence-corrected chi connectivity index (χ4v) is 2.14. The van der Waals surface area contributed by atoms with Crippen LogP contribution in [0.1, 0.15) is 16.8 Å². The lowest BCUT2D eigenvalue weighted by Crippen LogP contribution is -2.46. The normalized spacial score (nSPS) is 15.6. The summed E-state index contributed by atoms with van der Waals surface area (Å²) in [6.45, 7) is 1.27. The Morgan fingerprint density at radius 2 is 2.24 bits per heavy atom. The summed E-state index contributed by atoms with van der Waals surface area (Å²) in [5.41, 5.74) is 0.753. The molecule has 17 heavy (non-hydrogen) atoms. The van der Waals surface area contributed by atoms with Gasteiger partial charge in [0.25, 0.3) is 0 Å². The predicted octanol–water partition coefficient (Wildman–Crippen LogP) is 2.07. The number of urea groups is 1. The molecule has 6 heteroatoms. The molecular weight excluding hydrogens is 288 g/mol. The Balaban J connectivity index is 2.35. The first kappa shape index (κ1) is 11.9. The quantitative estimate of drug-likeness (QED) is 0.878. The number of nitrogens with one attached hydrogen (secondary N) is 1. The summed E-state index contributed by atoms with van der Waals surface area (Å²) < 4.78 is 0.506. The number of amides is 2. The van der Waals surface area contributed by atoms with E-state index in [1.165, 1.54) is 6.07 Å². The second-order valence-electron chi connectivity index (χ2n) is 3.71. The Morgan fingerprint density at radius 3 is 2.88 bits per heavy atom. The van der Waals surface area contributed by atoms with E-state index in [0.29, 0.717) is 23.2 Å². The van der Waals surface area contributed by atoms with E-state index in [4.69, 9.17) is 5.11 Å². The van der Waals surface area contributed by atoms with Gasteiger partial charge in [-0.2, -0.15) is 0 Å². The molecule has 0 radical (unpaired) electrons. The van der Waals surface area contributed by atoms with Gasteiger partial charge in [-0.05, 0) is 40.5 Å². The van der Waals surface area contributed by atoms with Crippen molar-refractivity contribution < 1.29 is 14.7 Å². The number of carbonyl (C=O) groups is 2. The minimum Gasteiger partial charge on any atom is -0.478 e. The average molecular weight is 299 g/mol. The Kier molecular flexibility index (Phi) is 3.33. The van der Waals surface area contributed by atoms with Crippen LogP contribution in [0.2, 0.25) is 0 Å². The molecule has 1 saturated heterocycles. The number of carbonyl (C=O) groups excluding carboxylic acids is 1. The number of benzene rings is 1. The van der Waals surface area contributed by atoms with E-state index in [1.807, 2.05) is 0 Å². The highest BCUT2D eigenvalue weighted by Gasteiger charge is 2.20. The van der Waals surface area contributed by atoms with Crippen molar-refractivity contribution in [2.24, 2.45) is 0 Å². The largest absolute Gasteiger partial charge is 0.478 e.